The van der Waals surface area contributed by atoms with Gasteiger partial charge < -0.3 is 9.47 Å². The molecule has 30 heavy (non-hydrogen) atoms. The number of unbranched alkanes of at least 4 members (excludes halogenated alkanes) is 1. The number of rotatable bonds is 8. The minimum atomic E-state index is -0.529. The van der Waals surface area contributed by atoms with Crippen LogP contribution in [-0.2, 0) is 9.59 Å². The molecule has 0 bridgehead atoms. The van der Waals surface area contributed by atoms with Gasteiger partial charge in [-0.3, -0.25) is 19.8 Å². The molecular weight excluding hydrogens is 400 g/mol. The summed E-state index contributed by atoms with van der Waals surface area (Å²) >= 11 is 5.21. The number of hydrogen-bond donors (Lipinski definition) is 1. The van der Waals surface area contributed by atoms with Crippen LogP contribution in [0.15, 0.2) is 54.1 Å². The second-order valence-electron chi connectivity index (χ2n) is 6.63. The smallest absolute Gasteiger partial charge is 0.270 e. The zero-order valence-corrected chi connectivity index (χ0v) is 17.8. The molecule has 1 aliphatic heterocycles. The summed E-state index contributed by atoms with van der Waals surface area (Å²) in [5, 5.41) is 2.65. The molecule has 0 radical (unpaired) electrons. The molecule has 0 saturated carbocycles. The van der Waals surface area contributed by atoms with Gasteiger partial charge in [-0.15, -0.1) is 0 Å². The highest BCUT2D eigenvalue weighted by Crippen LogP contribution is 2.30. The SMILES string of the molecule is CCCCOc1ccc(C=C2C(=O)NC(=S)N(c3ccccc3)C2=O)cc1OCC. The van der Waals surface area contributed by atoms with Crippen molar-refractivity contribution in [3.05, 3.63) is 59.7 Å². The maximum absolute atomic E-state index is 13.1. The van der Waals surface area contributed by atoms with Gasteiger partial charge in [0.1, 0.15) is 5.57 Å². The lowest BCUT2D eigenvalue weighted by atomic mass is 10.1. The van der Waals surface area contributed by atoms with Gasteiger partial charge in [-0.1, -0.05) is 37.6 Å². The number of carbonyl (C=O) groups excluding carboxylic acids is 2. The van der Waals surface area contributed by atoms with Crippen molar-refractivity contribution in [2.75, 3.05) is 18.1 Å². The molecule has 2 aromatic rings. The number of nitrogens with zero attached hydrogens (tertiary/aromatic N) is 1. The van der Waals surface area contributed by atoms with E-state index in [9.17, 15) is 9.59 Å². The molecule has 2 amide bonds. The number of amides is 2. The van der Waals surface area contributed by atoms with Crippen molar-refractivity contribution in [1.82, 2.24) is 5.32 Å². The van der Waals surface area contributed by atoms with Crippen LogP contribution in [0, 0.1) is 0 Å². The maximum atomic E-state index is 13.1. The number of benzene rings is 2. The first-order chi connectivity index (χ1) is 14.5. The molecule has 0 aromatic heterocycles. The number of carbonyl (C=O) groups is 2. The van der Waals surface area contributed by atoms with Crippen LogP contribution in [0.3, 0.4) is 0 Å². The fraction of sp³-hybridized carbons (Fsp3) is 0.261. The highest BCUT2D eigenvalue weighted by Gasteiger charge is 2.34. The second kappa shape index (κ2) is 10.0. The largest absolute Gasteiger partial charge is 0.490 e. The molecule has 2 aromatic carbocycles. The molecule has 1 N–H and O–H groups in total. The van der Waals surface area contributed by atoms with Crippen molar-refractivity contribution in [1.29, 1.82) is 0 Å². The predicted molar refractivity (Wildman–Crippen MR) is 121 cm³/mol. The van der Waals surface area contributed by atoms with Crippen LogP contribution in [0.25, 0.3) is 6.08 Å². The van der Waals surface area contributed by atoms with Crippen molar-refractivity contribution >= 4 is 40.9 Å². The summed E-state index contributed by atoms with van der Waals surface area (Å²) < 4.78 is 11.5. The molecule has 1 fully saturated rings. The first kappa shape index (κ1) is 21.5. The van der Waals surface area contributed by atoms with E-state index in [4.69, 9.17) is 21.7 Å². The summed E-state index contributed by atoms with van der Waals surface area (Å²) in [4.78, 5) is 26.8. The van der Waals surface area contributed by atoms with E-state index in [2.05, 4.69) is 12.2 Å². The summed E-state index contributed by atoms with van der Waals surface area (Å²) in [7, 11) is 0. The van der Waals surface area contributed by atoms with Crippen LogP contribution >= 0.6 is 12.2 Å². The lowest BCUT2D eigenvalue weighted by molar-refractivity contribution is -0.122. The molecule has 0 spiro atoms. The fourth-order valence-electron chi connectivity index (χ4n) is 2.96. The Morgan fingerprint density at radius 3 is 2.50 bits per heavy atom. The standard InChI is InChI=1S/C23H24N2O4S/c1-3-5-13-29-19-12-11-16(15-20(19)28-4-2)14-18-21(26)24-23(30)25(22(18)27)17-9-7-6-8-10-17/h6-12,14-15H,3-5,13H2,1-2H3,(H,24,26,30). The van der Waals surface area contributed by atoms with E-state index in [1.165, 1.54) is 11.0 Å². The van der Waals surface area contributed by atoms with Crippen molar-refractivity contribution in [3.63, 3.8) is 0 Å². The first-order valence-corrected chi connectivity index (χ1v) is 10.3. The third-order valence-electron chi connectivity index (χ3n) is 4.45. The molecule has 7 heteroatoms. The number of thiocarbonyl (C=S) groups is 1. The minimum absolute atomic E-state index is 0.00504. The summed E-state index contributed by atoms with van der Waals surface area (Å²) in [6, 6.07) is 14.3. The molecular formula is C23H24N2O4S. The van der Waals surface area contributed by atoms with Gasteiger partial charge in [0, 0.05) is 0 Å². The van der Waals surface area contributed by atoms with E-state index in [0.717, 1.165) is 12.8 Å². The quantitative estimate of drug-likeness (QED) is 0.299. The summed E-state index contributed by atoms with van der Waals surface area (Å²) in [5.74, 6) is 0.204. The highest BCUT2D eigenvalue weighted by atomic mass is 32.1. The van der Waals surface area contributed by atoms with Gasteiger partial charge in [0.05, 0.1) is 18.9 Å². The van der Waals surface area contributed by atoms with Gasteiger partial charge in [0.15, 0.2) is 16.6 Å². The zero-order chi connectivity index (χ0) is 21.5. The van der Waals surface area contributed by atoms with E-state index in [0.29, 0.717) is 36.0 Å². The average molecular weight is 425 g/mol. The molecule has 0 atom stereocenters. The van der Waals surface area contributed by atoms with Gasteiger partial charge in [0.2, 0.25) is 0 Å². The molecule has 0 aliphatic carbocycles. The first-order valence-electron chi connectivity index (χ1n) is 9.91. The Balaban J connectivity index is 1.92. The summed E-state index contributed by atoms with van der Waals surface area (Å²) in [6.45, 7) is 5.05. The van der Waals surface area contributed by atoms with E-state index in [1.54, 1.807) is 42.5 Å². The van der Waals surface area contributed by atoms with Crippen LogP contribution in [0.2, 0.25) is 0 Å². The zero-order valence-electron chi connectivity index (χ0n) is 17.0. The molecule has 0 unspecified atom stereocenters. The van der Waals surface area contributed by atoms with Gasteiger partial charge in [0.25, 0.3) is 11.8 Å². The topological polar surface area (TPSA) is 67.9 Å². The molecule has 1 aliphatic rings. The molecule has 1 saturated heterocycles. The van der Waals surface area contributed by atoms with Crippen LogP contribution in [-0.4, -0.2) is 30.1 Å². The Hall–Kier alpha value is -3.19. The Morgan fingerprint density at radius 2 is 1.80 bits per heavy atom. The van der Waals surface area contributed by atoms with Gasteiger partial charge in [-0.2, -0.15) is 0 Å². The van der Waals surface area contributed by atoms with E-state index >= 15 is 0 Å². The van der Waals surface area contributed by atoms with E-state index in [1.807, 2.05) is 13.0 Å². The fourth-order valence-corrected chi connectivity index (χ4v) is 3.25. The lowest BCUT2D eigenvalue weighted by Gasteiger charge is -2.28. The third-order valence-corrected chi connectivity index (χ3v) is 4.73. The normalized spacial score (nSPS) is 15.3. The Labute approximate surface area is 181 Å². The molecule has 6 nitrogen and oxygen atoms in total. The Morgan fingerprint density at radius 1 is 1.03 bits per heavy atom. The van der Waals surface area contributed by atoms with Crippen LogP contribution in [0.1, 0.15) is 32.3 Å². The van der Waals surface area contributed by atoms with Crippen molar-refractivity contribution in [3.8, 4) is 11.5 Å². The maximum Gasteiger partial charge on any atom is 0.270 e. The Bertz CT molecular complexity index is 972. The lowest BCUT2D eigenvalue weighted by Crippen LogP contribution is -2.54. The molecule has 156 valence electrons. The average Bonchev–Trinajstić information content (AvgIpc) is 2.73. The predicted octanol–water partition coefficient (Wildman–Crippen LogP) is 4.10. The number of nitrogens with one attached hydrogen (secondary N) is 1. The Kier molecular flexibility index (Phi) is 7.19. The van der Waals surface area contributed by atoms with Crippen molar-refractivity contribution in [2.24, 2.45) is 0 Å². The highest BCUT2D eigenvalue weighted by molar-refractivity contribution is 7.80. The molecule has 1 heterocycles. The van der Waals surface area contributed by atoms with Crippen LogP contribution in [0.4, 0.5) is 5.69 Å². The molecule has 3 rings (SSSR count). The minimum Gasteiger partial charge on any atom is -0.490 e. The number of anilines is 1. The van der Waals surface area contributed by atoms with Gasteiger partial charge in [-0.05, 0) is 61.5 Å². The van der Waals surface area contributed by atoms with E-state index < -0.39 is 11.8 Å². The van der Waals surface area contributed by atoms with E-state index in [-0.39, 0.29) is 10.7 Å². The van der Waals surface area contributed by atoms with Gasteiger partial charge in [-0.25, -0.2) is 0 Å². The van der Waals surface area contributed by atoms with Crippen LogP contribution in [0.5, 0.6) is 11.5 Å². The van der Waals surface area contributed by atoms with Crippen molar-refractivity contribution < 1.29 is 19.1 Å². The third kappa shape index (κ3) is 4.86. The van der Waals surface area contributed by atoms with Gasteiger partial charge >= 0.3 is 0 Å². The van der Waals surface area contributed by atoms with Crippen LogP contribution < -0.4 is 19.7 Å². The van der Waals surface area contributed by atoms with Crippen molar-refractivity contribution in [2.45, 2.75) is 26.7 Å². The summed E-state index contributed by atoms with van der Waals surface area (Å²) in [6.07, 6.45) is 3.51. The number of hydrogen-bond acceptors (Lipinski definition) is 5. The monoisotopic (exact) mass is 424 g/mol. The number of ether oxygens (including phenoxy) is 2. The second-order valence-corrected chi connectivity index (χ2v) is 7.02. The summed E-state index contributed by atoms with van der Waals surface area (Å²) in [5.41, 5.74) is 1.24. The number of para-hydroxylation sites is 1.